The number of halogens is 6. The minimum Gasteiger partial charge on any atom is -0.341 e. The van der Waals surface area contributed by atoms with Crippen molar-refractivity contribution in [1.82, 2.24) is 5.32 Å². The Labute approximate surface area is 160 Å². The number of carbonyl (C=O) groups excluding carboxylic acids is 1. The van der Waals surface area contributed by atoms with Gasteiger partial charge in [-0.2, -0.15) is 13.2 Å². The van der Waals surface area contributed by atoms with E-state index < -0.39 is 17.8 Å². The quantitative estimate of drug-likeness (QED) is 0.579. The molecule has 2 amide bonds. The summed E-state index contributed by atoms with van der Waals surface area (Å²) in [5, 5.41) is 5.28. The van der Waals surface area contributed by atoms with E-state index in [0.29, 0.717) is 15.5 Å². The second-order valence-corrected chi connectivity index (χ2v) is 6.99. The summed E-state index contributed by atoms with van der Waals surface area (Å²) in [5.41, 5.74) is -0.471. The van der Waals surface area contributed by atoms with Crippen molar-refractivity contribution in [2.24, 2.45) is 0 Å². The van der Waals surface area contributed by atoms with E-state index in [4.69, 9.17) is 34.8 Å². The van der Waals surface area contributed by atoms with Crippen molar-refractivity contribution >= 4 is 58.3 Å². The summed E-state index contributed by atoms with van der Waals surface area (Å²) in [6.07, 6.45) is -4.48. The molecule has 0 spiro atoms. The van der Waals surface area contributed by atoms with E-state index >= 15 is 0 Å². The third kappa shape index (κ3) is 5.10. The highest BCUT2D eigenvalue weighted by Crippen LogP contribution is 2.44. The van der Waals surface area contributed by atoms with E-state index in [1.54, 1.807) is 0 Å². The lowest BCUT2D eigenvalue weighted by atomic mass is 10.2. The molecular formula is C15H10Cl3F3N2OS. The fourth-order valence-electron chi connectivity index (χ4n) is 1.79. The Morgan fingerprint density at radius 1 is 1.04 bits per heavy atom. The highest BCUT2D eigenvalue weighted by atomic mass is 35.5. The maximum Gasteiger partial charge on any atom is 0.416 e. The molecule has 0 saturated carbocycles. The Morgan fingerprint density at radius 2 is 1.64 bits per heavy atom. The summed E-state index contributed by atoms with van der Waals surface area (Å²) in [7, 11) is 1.45. The lowest BCUT2D eigenvalue weighted by Crippen LogP contribution is -2.24. The lowest BCUT2D eigenvalue weighted by Gasteiger charge is -2.13. The molecule has 2 rings (SSSR count). The van der Waals surface area contributed by atoms with Crippen molar-refractivity contribution in [3.05, 3.63) is 51.0 Å². The van der Waals surface area contributed by atoms with Gasteiger partial charge in [-0.1, -0.05) is 46.6 Å². The van der Waals surface area contributed by atoms with Crippen LogP contribution in [0.2, 0.25) is 15.1 Å². The fourth-order valence-corrected chi connectivity index (χ4v) is 3.63. The minimum absolute atomic E-state index is 0.0699. The monoisotopic (exact) mass is 428 g/mol. The average molecular weight is 430 g/mol. The number of hydrogen-bond acceptors (Lipinski definition) is 2. The topological polar surface area (TPSA) is 41.1 Å². The third-order valence-electron chi connectivity index (χ3n) is 2.95. The SMILES string of the molecule is CNC(=O)Nc1cc(Cl)c(Sc2ccc(C(F)(F)F)cc2Cl)c(Cl)c1. The summed E-state index contributed by atoms with van der Waals surface area (Å²) in [6, 6.07) is 5.52. The Bertz CT molecular complexity index is 792. The average Bonchev–Trinajstić information content (AvgIpc) is 2.51. The molecular weight excluding hydrogens is 420 g/mol. The van der Waals surface area contributed by atoms with Crippen LogP contribution in [-0.4, -0.2) is 13.1 Å². The van der Waals surface area contributed by atoms with E-state index in [1.807, 2.05) is 0 Å². The summed E-state index contributed by atoms with van der Waals surface area (Å²) < 4.78 is 38.1. The molecule has 0 unspecified atom stereocenters. The number of amides is 2. The molecule has 2 aromatic rings. The molecule has 0 aliphatic heterocycles. The van der Waals surface area contributed by atoms with Gasteiger partial charge in [0.05, 0.1) is 20.6 Å². The van der Waals surface area contributed by atoms with Crippen LogP contribution >= 0.6 is 46.6 Å². The van der Waals surface area contributed by atoms with Gasteiger partial charge in [0.1, 0.15) is 0 Å². The molecule has 10 heteroatoms. The van der Waals surface area contributed by atoms with Crippen LogP contribution in [0, 0.1) is 0 Å². The molecule has 0 aliphatic carbocycles. The van der Waals surface area contributed by atoms with Crippen LogP contribution in [0.5, 0.6) is 0 Å². The summed E-state index contributed by atoms with van der Waals surface area (Å²) in [5.74, 6) is 0. The molecule has 2 aromatic carbocycles. The first-order valence-corrected chi connectivity index (χ1v) is 8.59. The third-order valence-corrected chi connectivity index (χ3v) is 5.42. The summed E-state index contributed by atoms with van der Waals surface area (Å²) >= 11 is 19.3. The first-order valence-electron chi connectivity index (χ1n) is 6.64. The molecule has 134 valence electrons. The first-order chi connectivity index (χ1) is 11.6. The molecule has 0 aliphatic rings. The largest absolute Gasteiger partial charge is 0.416 e. The maximum atomic E-state index is 12.7. The number of anilines is 1. The molecule has 0 radical (unpaired) electrons. The van der Waals surface area contributed by atoms with Gasteiger partial charge >= 0.3 is 12.2 Å². The van der Waals surface area contributed by atoms with Crippen LogP contribution in [0.4, 0.5) is 23.7 Å². The van der Waals surface area contributed by atoms with Gasteiger partial charge in [-0.3, -0.25) is 0 Å². The Morgan fingerprint density at radius 3 is 2.12 bits per heavy atom. The van der Waals surface area contributed by atoms with Crippen molar-refractivity contribution in [3.63, 3.8) is 0 Å². The van der Waals surface area contributed by atoms with Crippen LogP contribution in [0.3, 0.4) is 0 Å². The fraction of sp³-hybridized carbons (Fsp3) is 0.133. The number of alkyl halides is 3. The number of benzene rings is 2. The standard InChI is InChI=1S/C15H10Cl3F3N2OS/c1-22-14(24)23-8-5-10(17)13(11(18)6-8)25-12-3-2-7(4-9(12)16)15(19,20)21/h2-6H,1H3,(H2,22,23,24). The lowest BCUT2D eigenvalue weighted by molar-refractivity contribution is -0.137. The van der Waals surface area contributed by atoms with Crippen LogP contribution in [0.25, 0.3) is 0 Å². The van der Waals surface area contributed by atoms with Gasteiger partial charge in [0.2, 0.25) is 0 Å². The van der Waals surface area contributed by atoms with Crippen LogP contribution in [0.1, 0.15) is 5.56 Å². The van der Waals surface area contributed by atoms with Gasteiger partial charge in [-0.05, 0) is 30.3 Å². The van der Waals surface area contributed by atoms with Gasteiger partial charge in [0.15, 0.2) is 0 Å². The minimum atomic E-state index is -4.48. The second-order valence-electron chi connectivity index (χ2n) is 4.72. The van der Waals surface area contributed by atoms with Crippen molar-refractivity contribution < 1.29 is 18.0 Å². The van der Waals surface area contributed by atoms with Gasteiger partial charge in [0.25, 0.3) is 0 Å². The highest BCUT2D eigenvalue weighted by Gasteiger charge is 2.31. The normalized spacial score (nSPS) is 11.3. The van der Waals surface area contributed by atoms with Gasteiger partial charge in [0, 0.05) is 22.5 Å². The number of hydrogen-bond donors (Lipinski definition) is 2. The van der Waals surface area contributed by atoms with Gasteiger partial charge in [-0.25, -0.2) is 4.79 Å². The number of nitrogens with one attached hydrogen (secondary N) is 2. The van der Waals surface area contributed by atoms with Crippen molar-refractivity contribution in [1.29, 1.82) is 0 Å². The molecule has 0 bridgehead atoms. The van der Waals surface area contributed by atoms with E-state index in [-0.39, 0.29) is 15.1 Å². The molecule has 3 nitrogen and oxygen atoms in total. The van der Waals surface area contributed by atoms with Crippen molar-refractivity contribution in [2.75, 3.05) is 12.4 Å². The van der Waals surface area contributed by atoms with E-state index in [1.165, 1.54) is 25.2 Å². The highest BCUT2D eigenvalue weighted by molar-refractivity contribution is 7.99. The Hall–Kier alpha value is -1.28. The predicted molar refractivity (Wildman–Crippen MR) is 95.1 cm³/mol. The molecule has 0 aromatic heterocycles. The van der Waals surface area contributed by atoms with Crippen LogP contribution in [0.15, 0.2) is 40.1 Å². The zero-order valence-electron chi connectivity index (χ0n) is 12.5. The Balaban J connectivity index is 2.30. The zero-order valence-corrected chi connectivity index (χ0v) is 15.6. The molecule has 0 saturated heterocycles. The summed E-state index contributed by atoms with van der Waals surface area (Å²) in [6.45, 7) is 0. The second kappa shape index (κ2) is 7.95. The van der Waals surface area contributed by atoms with Crippen molar-refractivity contribution in [3.8, 4) is 0 Å². The first kappa shape index (κ1) is 20.0. The van der Waals surface area contributed by atoms with Crippen LogP contribution < -0.4 is 10.6 Å². The molecule has 2 N–H and O–H groups in total. The van der Waals surface area contributed by atoms with Gasteiger partial charge < -0.3 is 10.6 Å². The molecule has 0 heterocycles. The van der Waals surface area contributed by atoms with E-state index in [0.717, 1.165) is 23.9 Å². The predicted octanol–water partition coefficient (Wildman–Crippen LogP) is 6.57. The number of carbonyl (C=O) groups is 1. The van der Waals surface area contributed by atoms with E-state index in [2.05, 4.69) is 10.6 Å². The smallest absolute Gasteiger partial charge is 0.341 e. The molecule has 0 fully saturated rings. The number of urea groups is 1. The van der Waals surface area contributed by atoms with Crippen LogP contribution in [-0.2, 0) is 6.18 Å². The molecule has 0 atom stereocenters. The van der Waals surface area contributed by atoms with Crippen molar-refractivity contribution in [2.45, 2.75) is 16.0 Å². The summed E-state index contributed by atoms with van der Waals surface area (Å²) in [4.78, 5) is 12.1. The molecule has 25 heavy (non-hydrogen) atoms. The Kier molecular flexibility index (Phi) is 6.37. The zero-order chi connectivity index (χ0) is 18.8. The number of rotatable bonds is 3. The maximum absolute atomic E-state index is 12.7. The van der Waals surface area contributed by atoms with E-state index in [9.17, 15) is 18.0 Å². The van der Waals surface area contributed by atoms with Gasteiger partial charge in [-0.15, -0.1) is 0 Å².